The lowest BCUT2D eigenvalue weighted by molar-refractivity contribution is -0.0794. The number of hydrogen-bond acceptors (Lipinski definition) is 4. The number of anilines is 2. The number of nitrogen functional groups attached to an aromatic ring is 1. The molecule has 0 aromatic heterocycles. The SMILES string of the molecule is COC1CC(Nc2ccc(N)c(C(C)=O)c2)C1(C)C. The molecule has 19 heavy (non-hydrogen) atoms. The van der Waals surface area contributed by atoms with E-state index in [0.29, 0.717) is 17.3 Å². The van der Waals surface area contributed by atoms with Gasteiger partial charge in [-0.25, -0.2) is 0 Å². The monoisotopic (exact) mass is 262 g/mol. The van der Waals surface area contributed by atoms with Gasteiger partial charge in [0.15, 0.2) is 5.78 Å². The van der Waals surface area contributed by atoms with Crippen molar-refractivity contribution in [2.75, 3.05) is 18.2 Å². The molecule has 1 aliphatic rings. The molecule has 0 bridgehead atoms. The maximum atomic E-state index is 11.5. The third-order valence-corrected chi connectivity index (χ3v) is 4.24. The molecule has 3 N–H and O–H groups in total. The molecule has 1 aromatic carbocycles. The number of Topliss-reactive ketones (excluding diaryl/α,β-unsaturated/α-hetero) is 1. The Kier molecular flexibility index (Phi) is 3.54. The van der Waals surface area contributed by atoms with E-state index in [2.05, 4.69) is 19.2 Å². The van der Waals surface area contributed by atoms with Gasteiger partial charge in [-0.2, -0.15) is 0 Å². The van der Waals surface area contributed by atoms with Gasteiger partial charge < -0.3 is 15.8 Å². The molecule has 0 radical (unpaired) electrons. The minimum absolute atomic E-state index is 0.0104. The molecular weight excluding hydrogens is 240 g/mol. The van der Waals surface area contributed by atoms with E-state index < -0.39 is 0 Å². The minimum atomic E-state index is -0.0104. The molecule has 4 heteroatoms. The van der Waals surface area contributed by atoms with Crippen LogP contribution in [0.2, 0.25) is 0 Å². The van der Waals surface area contributed by atoms with Crippen molar-refractivity contribution in [2.24, 2.45) is 5.41 Å². The second-order valence-corrected chi connectivity index (χ2v) is 5.84. The average Bonchev–Trinajstić information content (AvgIpc) is 2.35. The van der Waals surface area contributed by atoms with Crippen LogP contribution < -0.4 is 11.1 Å². The van der Waals surface area contributed by atoms with Crippen LogP contribution in [0.1, 0.15) is 37.6 Å². The molecule has 0 amide bonds. The topological polar surface area (TPSA) is 64.3 Å². The van der Waals surface area contributed by atoms with Gasteiger partial charge in [0.05, 0.1) is 6.10 Å². The quantitative estimate of drug-likeness (QED) is 0.647. The summed E-state index contributed by atoms with van der Waals surface area (Å²) in [6.45, 7) is 5.90. The second kappa shape index (κ2) is 4.85. The average molecular weight is 262 g/mol. The van der Waals surface area contributed by atoms with Crippen LogP contribution in [0.25, 0.3) is 0 Å². The van der Waals surface area contributed by atoms with Crippen molar-refractivity contribution in [1.82, 2.24) is 0 Å². The van der Waals surface area contributed by atoms with Gasteiger partial charge in [-0.3, -0.25) is 4.79 Å². The predicted octanol–water partition coefficient (Wildman–Crippen LogP) is 2.70. The van der Waals surface area contributed by atoms with E-state index in [0.717, 1.165) is 12.1 Å². The molecule has 1 saturated carbocycles. The first-order chi connectivity index (χ1) is 8.86. The molecule has 2 rings (SSSR count). The van der Waals surface area contributed by atoms with Gasteiger partial charge in [-0.05, 0) is 31.5 Å². The summed E-state index contributed by atoms with van der Waals surface area (Å²) in [5.74, 6) is -0.0104. The van der Waals surface area contributed by atoms with E-state index in [9.17, 15) is 4.79 Å². The highest BCUT2D eigenvalue weighted by Gasteiger charge is 2.48. The van der Waals surface area contributed by atoms with E-state index in [1.165, 1.54) is 6.92 Å². The number of nitrogens with two attached hydrogens (primary N) is 1. The third kappa shape index (κ3) is 2.45. The Morgan fingerprint density at radius 1 is 1.47 bits per heavy atom. The molecule has 2 atom stereocenters. The van der Waals surface area contributed by atoms with Crippen molar-refractivity contribution in [3.8, 4) is 0 Å². The summed E-state index contributed by atoms with van der Waals surface area (Å²) in [5.41, 5.74) is 7.93. The van der Waals surface area contributed by atoms with Crippen molar-refractivity contribution >= 4 is 17.2 Å². The fourth-order valence-corrected chi connectivity index (χ4v) is 2.68. The standard InChI is InChI=1S/C15H22N2O2/c1-9(18)11-7-10(5-6-12(11)16)17-13-8-14(19-4)15(13,2)3/h5-7,13-14,17H,8,16H2,1-4H3. The van der Waals surface area contributed by atoms with Crippen molar-refractivity contribution in [3.63, 3.8) is 0 Å². The maximum absolute atomic E-state index is 11.5. The fourth-order valence-electron chi connectivity index (χ4n) is 2.68. The van der Waals surface area contributed by atoms with Gasteiger partial charge in [0.1, 0.15) is 0 Å². The zero-order valence-corrected chi connectivity index (χ0v) is 12.0. The molecule has 104 valence electrons. The zero-order valence-electron chi connectivity index (χ0n) is 12.0. The lowest BCUT2D eigenvalue weighted by Gasteiger charge is -2.51. The summed E-state index contributed by atoms with van der Waals surface area (Å²) in [6.07, 6.45) is 1.26. The number of hydrogen-bond donors (Lipinski definition) is 2. The van der Waals surface area contributed by atoms with Gasteiger partial charge in [-0.1, -0.05) is 13.8 Å². The van der Waals surface area contributed by atoms with Gasteiger partial charge in [0.2, 0.25) is 0 Å². The lowest BCUT2D eigenvalue weighted by atomic mass is 9.64. The summed E-state index contributed by atoms with van der Waals surface area (Å²) < 4.78 is 5.44. The van der Waals surface area contributed by atoms with Gasteiger partial charge in [0, 0.05) is 35.5 Å². The molecule has 0 aliphatic heterocycles. The van der Waals surface area contributed by atoms with Crippen molar-refractivity contribution in [3.05, 3.63) is 23.8 Å². The first-order valence-electron chi connectivity index (χ1n) is 6.56. The molecule has 1 aliphatic carbocycles. The fraction of sp³-hybridized carbons (Fsp3) is 0.533. The number of rotatable bonds is 4. The normalized spacial score (nSPS) is 24.6. The molecule has 0 saturated heterocycles. The Morgan fingerprint density at radius 2 is 2.16 bits per heavy atom. The van der Waals surface area contributed by atoms with Crippen molar-refractivity contribution < 1.29 is 9.53 Å². The number of methoxy groups -OCH3 is 1. The Bertz CT molecular complexity index is 497. The number of benzene rings is 1. The summed E-state index contributed by atoms with van der Waals surface area (Å²) in [6, 6.07) is 5.87. The Balaban J connectivity index is 2.13. The molecule has 1 fully saturated rings. The minimum Gasteiger partial charge on any atom is -0.398 e. The molecule has 0 heterocycles. The van der Waals surface area contributed by atoms with Crippen LogP contribution in [-0.2, 0) is 4.74 Å². The third-order valence-electron chi connectivity index (χ3n) is 4.24. The second-order valence-electron chi connectivity index (χ2n) is 5.84. The van der Waals surface area contributed by atoms with E-state index in [4.69, 9.17) is 10.5 Å². The molecule has 0 spiro atoms. The van der Waals surface area contributed by atoms with Crippen LogP contribution in [0, 0.1) is 5.41 Å². The van der Waals surface area contributed by atoms with Crippen LogP contribution in [-0.4, -0.2) is 25.0 Å². The van der Waals surface area contributed by atoms with E-state index >= 15 is 0 Å². The number of carbonyl (C=O) groups excluding carboxylic acids is 1. The first-order valence-corrected chi connectivity index (χ1v) is 6.56. The number of ether oxygens (including phenoxy) is 1. The van der Waals surface area contributed by atoms with Gasteiger partial charge >= 0.3 is 0 Å². The summed E-state index contributed by atoms with van der Waals surface area (Å²) in [5, 5.41) is 3.47. The molecule has 2 unspecified atom stereocenters. The van der Waals surface area contributed by atoms with Crippen LogP contribution >= 0.6 is 0 Å². The van der Waals surface area contributed by atoms with E-state index in [1.807, 2.05) is 12.1 Å². The highest BCUT2D eigenvalue weighted by atomic mass is 16.5. The maximum Gasteiger partial charge on any atom is 0.161 e. The molecule has 1 aromatic rings. The number of ketones is 1. The van der Waals surface area contributed by atoms with Crippen LogP contribution in [0.4, 0.5) is 11.4 Å². The Labute approximate surface area is 114 Å². The predicted molar refractivity (Wildman–Crippen MR) is 77.5 cm³/mol. The first kappa shape index (κ1) is 13.9. The number of carbonyl (C=O) groups is 1. The smallest absolute Gasteiger partial charge is 0.161 e. The Hall–Kier alpha value is -1.55. The summed E-state index contributed by atoms with van der Waals surface area (Å²) >= 11 is 0. The summed E-state index contributed by atoms with van der Waals surface area (Å²) in [7, 11) is 1.75. The number of nitrogens with one attached hydrogen (secondary N) is 1. The molecule has 4 nitrogen and oxygen atoms in total. The van der Waals surface area contributed by atoms with Gasteiger partial charge in [0.25, 0.3) is 0 Å². The zero-order chi connectivity index (χ0) is 14.2. The summed E-state index contributed by atoms with van der Waals surface area (Å²) in [4.78, 5) is 11.5. The van der Waals surface area contributed by atoms with E-state index in [1.54, 1.807) is 13.2 Å². The molecular formula is C15H22N2O2. The lowest BCUT2D eigenvalue weighted by Crippen LogP contribution is -2.57. The van der Waals surface area contributed by atoms with Crippen LogP contribution in [0.3, 0.4) is 0 Å². The van der Waals surface area contributed by atoms with Crippen molar-refractivity contribution in [1.29, 1.82) is 0 Å². The van der Waals surface area contributed by atoms with E-state index in [-0.39, 0.29) is 17.3 Å². The van der Waals surface area contributed by atoms with Crippen LogP contribution in [0.15, 0.2) is 18.2 Å². The van der Waals surface area contributed by atoms with Crippen LogP contribution in [0.5, 0.6) is 0 Å². The highest BCUT2D eigenvalue weighted by molar-refractivity contribution is 6.00. The van der Waals surface area contributed by atoms with Crippen molar-refractivity contribution in [2.45, 2.75) is 39.3 Å². The highest BCUT2D eigenvalue weighted by Crippen LogP contribution is 2.44. The van der Waals surface area contributed by atoms with Gasteiger partial charge in [-0.15, -0.1) is 0 Å². The Morgan fingerprint density at radius 3 is 2.68 bits per heavy atom. The largest absolute Gasteiger partial charge is 0.398 e.